The molecule has 0 bridgehead atoms. The first kappa shape index (κ1) is 41.7. The molecule has 1 saturated heterocycles. The van der Waals surface area contributed by atoms with E-state index in [2.05, 4.69) is 26.2 Å². The summed E-state index contributed by atoms with van der Waals surface area (Å²) in [6.45, 7) is 8.01. The van der Waals surface area contributed by atoms with Crippen molar-refractivity contribution in [2.45, 2.75) is 70.7 Å². The monoisotopic (exact) mass is 770 g/mol. The molecule has 1 fully saturated rings. The number of para-hydroxylation sites is 1. The highest BCUT2D eigenvalue weighted by Crippen LogP contribution is 2.20. The third kappa shape index (κ3) is 12.8. The molecule has 5 N–H and O–H groups in total. The summed E-state index contributed by atoms with van der Waals surface area (Å²) in [4.78, 5) is 71.7. The van der Waals surface area contributed by atoms with Gasteiger partial charge in [0, 0.05) is 46.1 Å². The smallest absolute Gasteiger partial charge is 0.255 e. The second-order valence-corrected chi connectivity index (χ2v) is 14.9. The van der Waals surface area contributed by atoms with Crippen LogP contribution in [0.15, 0.2) is 72.8 Å². The van der Waals surface area contributed by atoms with Crippen LogP contribution in [0.1, 0.15) is 60.2 Å². The average Bonchev–Trinajstić information content (AvgIpc) is 3.18. The van der Waals surface area contributed by atoms with Gasteiger partial charge in [0.2, 0.25) is 23.6 Å². The van der Waals surface area contributed by atoms with Gasteiger partial charge in [0.1, 0.15) is 30.2 Å². The SMILES string of the molecule is CC(C)C[C@H]1COc2ccccc2C(=O)N[C@H](C(=O)NCc2ccc(CN3CCOCC3)cc2)CCC(=O)N[C@@H](Cc2ccc(O)cc2)C(=O)N(C)CC(=O)N1. The van der Waals surface area contributed by atoms with Crippen molar-refractivity contribution >= 4 is 29.5 Å². The Morgan fingerprint density at radius 2 is 1.55 bits per heavy atom. The predicted octanol–water partition coefficient (Wildman–Crippen LogP) is 2.53. The lowest BCUT2D eigenvalue weighted by Gasteiger charge is -2.27. The van der Waals surface area contributed by atoms with Crippen LogP contribution >= 0.6 is 0 Å². The van der Waals surface area contributed by atoms with Crippen molar-refractivity contribution in [1.82, 2.24) is 31.1 Å². The van der Waals surface area contributed by atoms with Crippen LogP contribution in [-0.2, 0) is 43.4 Å². The Labute approximate surface area is 328 Å². The van der Waals surface area contributed by atoms with Gasteiger partial charge in [-0.15, -0.1) is 0 Å². The first-order valence-corrected chi connectivity index (χ1v) is 19.2. The predicted molar refractivity (Wildman–Crippen MR) is 210 cm³/mol. The molecule has 3 atom stereocenters. The molecule has 0 unspecified atom stereocenters. The van der Waals surface area contributed by atoms with Crippen LogP contribution in [0.25, 0.3) is 0 Å². The number of rotatable bonds is 9. The van der Waals surface area contributed by atoms with Gasteiger partial charge < -0.3 is 40.7 Å². The number of phenolic OH excluding ortho intramolecular Hbond substituents is 1. The lowest BCUT2D eigenvalue weighted by molar-refractivity contribution is -0.138. The molecule has 5 amide bonds. The Bertz CT molecular complexity index is 1800. The maximum Gasteiger partial charge on any atom is 0.255 e. The van der Waals surface area contributed by atoms with Crippen molar-refractivity contribution in [1.29, 1.82) is 0 Å². The minimum absolute atomic E-state index is 0.0531. The van der Waals surface area contributed by atoms with Gasteiger partial charge in [-0.1, -0.05) is 62.4 Å². The molecule has 3 aromatic rings. The van der Waals surface area contributed by atoms with Crippen molar-refractivity contribution in [3.8, 4) is 11.5 Å². The summed E-state index contributed by atoms with van der Waals surface area (Å²) in [6, 6.07) is 18.3. The van der Waals surface area contributed by atoms with Gasteiger partial charge >= 0.3 is 0 Å². The Morgan fingerprint density at radius 3 is 2.27 bits per heavy atom. The molecule has 3 aromatic carbocycles. The number of hydrogen-bond donors (Lipinski definition) is 5. The topological polar surface area (TPSA) is 179 Å². The third-order valence-electron chi connectivity index (χ3n) is 9.74. The maximum absolute atomic E-state index is 13.8. The molecule has 0 radical (unpaired) electrons. The Hall–Kier alpha value is -5.47. The summed E-state index contributed by atoms with van der Waals surface area (Å²) in [6.07, 6.45) is 0.381. The minimum Gasteiger partial charge on any atom is -0.508 e. The number of fused-ring (bicyclic) bond motifs is 1. The van der Waals surface area contributed by atoms with Gasteiger partial charge in [0.05, 0.1) is 31.4 Å². The van der Waals surface area contributed by atoms with Crippen molar-refractivity contribution in [3.05, 3.63) is 95.1 Å². The first-order chi connectivity index (χ1) is 26.9. The standard InChI is InChI=1S/C42H54N6O8/c1-28(2)22-32-27-56-37-7-5-4-6-34(37)40(52)46-35(41(53)43-24-30-8-10-31(11-9-30)25-48-18-20-55-21-19-48)16-17-38(50)45-36(23-29-12-14-33(49)15-13-29)42(54)47(3)26-39(51)44-32/h4-15,28,32,35-36,49H,16-27H2,1-3H3,(H,43,53)(H,44,51)(H,45,50)(H,46,52)/t32-,35-,36-/m0/s1. The zero-order valence-electron chi connectivity index (χ0n) is 32.4. The first-order valence-electron chi connectivity index (χ1n) is 19.2. The van der Waals surface area contributed by atoms with Crippen LogP contribution in [0.3, 0.4) is 0 Å². The number of amides is 5. The van der Waals surface area contributed by atoms with Gasteiger partial charge in [0.25, 0.3) is 5.91 Å². The van der Waals surface area contributed by atoms with Crippen LogP contribution in [0.2, 0.25) is 0 Å². The van der Waals surface area contributed by atoms with E-state index in [1.54, 1.807) is 36.4 Å². The highest BCUT2D eigenvalue weighted by molar-refractivity contribution is 6.00. The Kier molecular flexibility index (Phi) is 15.2. The fraction of sp³-hybridized carbons (Fsp3) is 0.452. The van der Waals surface area contributed by atoms with E-state index in [0.29, 0.717) is 12.0 Å². The Morgan fingerprint density at radius 1 is 0.875 bits per heavy atom. The number of morpholine rings is 1. The maximum atomic E-state index is 13.8. The largest absolute Gasteiger partial charge is 0.508 e. The summed E-state index contributed by atoms with van der Waals surface area (Å²) < 4.78 is 11.6. The zero-order chi connectivity index (χ0) is 40.0. The molecule has 0 aromatic heterocycles. The van der Waals surface area contributed by atoms with E-state index in [1.165, 1.54) is 24.1 Å². The van der Waals surface area contributed by atoms with E-state index in [9.17, 15) is 29.1 Å². The molecule has 300 valence electrons. The summed E-state index contributed by atoms with van der Waals surface area (Å²) in [5.74, 6) is -1.96. The fourth-order valence-electron chi connectivity index (χ4n) is 6.75. The van der Waals surface area contributed by atoms with E-state index in [1.807, 2.05) is 38.1 Å². The zero-order valence-corrected chi connectivity index (χ0v) is 32.4. The number of ether oxygens (including phenoxy) is 2. The number of carbonyl (C=O) groups is 5. The lowest BCUT2D eigenvalue weighted by atomic mass is 10.0. The van der Waals surface area contributed by atoms with E-state index >= 15 is 0 Å². The normalized spacial score (nSPS) is 20.8. The molecule has 14 nitrogen and oxygen atoms in total. The van der Waals surface area contributed by atoms with E-state index in [0.717, 1.165) is 44.0 Å². The van der Waals surface area contributed by atoms with Crippen LogP contribution < -0.4 is 26.0 Å². The summed E-state index contributed by atoms with van der Waals surface area (Å²) in [7, 11) is 1.49. The van der Waals surface area contributed by atoms with Crippen molar-refractivity contribution in [2.24, 2.45) is 5.92 Å². The summed E-state index contributed by atoms with van der Waals surface area (Å²) in [5.41, 5.74) is 2.89. The van der Waals surface area contributed by atoms with E-state index in [4.69, 9.17) is 9.47 Å². The van der Waals surface area contributed by atoms with Crippen LogP contribution in [0, 0.1) is 5.92 Å². The minimum atomic E-state index is -1.11. The summed E-state index contributed by atoms with van der Waals surface area (Å²) >= 11 is 0. The quantitative estimate of drug-likeness (QED) is 0.219. The molecule has 56 heavy (non-hydrogen) atoms. The third-order valence-corrected chi connectivity index (χ3v) is 9.74. The van der Waals surface area contributed by atoms with Gasteiger partial charge in [-0.05, 0) is 59.7 Å². The van der Waals surface area contributed by atoms with E-state index in [-0.39, 0.29) is 61.9 Å². The van der Waals surface area contributed by atoms with Crippen molar-refractivity contribution in [3.63, 3.8) is 0 Å². The van der Waals surface area contributed by atoms with Gasteiger partial charge in [-0.3, -0.25) is 28.9 Å². The molecule has 14 heteroatoms. The lowest BCUT2D eigenvalue weighted by Crippen LogP contribution is -2.52. The molecular formula is C42H54N6O8. The van der Waals surface area contributed by atoms with Crippen molar-refractivity contribution in [2.75, 3.05) is 46.5 Å². The molecule has 0 aliphatic carbocycles. The molecule has 0 saturated carbocycles. The summed E-state index contributed by atoms with van der Waals surface area (Å²) in [5, 5.41) is 21.3. The van der Waals surface area contributed by atoms with Gasteiger partial charge in [-0.2, -0.15) is 0 Å². The number of likely N-dealkylation sites (N-methyl/N-ethyl adjacent to an activating group) is 1. The number of hydrogen-bond acceptors (Lipinski definition) is 9. The van der Waals surface area contributed by atoms with Crippen LogP contribution in [-0.4, -0.2) is 109 Å². The average molecular weight is 771 g/mol. The van der Waals surface area contributed by atoms with E-state index < -0.39 is 47.7 Å². The Balaban J connectivity index is 1.36. The highest BCUT2D eigenvalue weighted by atomic mass is 16.5. The van der Waals surface area contributed by atoms with Crippen LogP contribution in [0.5, 0.6) is 11.5 Å². The number of phenols is 1. The number of nitrogens with zero attached hydrogens (tertiary/aromatic N) is 2. The second-order valence-electron chi connectivity index (χ2n) is 14.9. The second kappa shape index (κ2) is 20.4. The number of nitrogens with one attached hydrogen (secondary N) is 4. The van der Waals surface area contributed by atoms with Crippen molar-refractivity contribution < 1.29 is 38.6 Å². The molecule has 5 rings (SSSR count). The molecule has 2 aliphatic heterocycles. The van der Waals surface area contributed by atoms with Gasteiger partial charge in [-0.25, -0.2) is 0 Å². The van der Waals surface area contributed by atoms with Crippen LogP contribution in [0.4, 0.5) is 0 Å². The van der Waals surface area contributed by atoms with Gasteiger partial charge in [0.15, 0.2) is 0 Å². The number of carbonyl (C=O) groups excluding carboxylic acids is 5. The molecule has 2 aliphatic rings. The molecular weight excluding hydrogens is 716 g/mol. The number of benzene rings is 3. The molecule has 0 spiro atoms. The number of aromatic hydroxyl groups is 1. The molecule has 2 heterocycles. The fourth-order valence-corrected chi connectivity index (χ4v) is 6.75. The highest BCUT2D eigenvalue weighted by Gasteiger charge is 2.29.